The predicted octanol–water partition coefficient (Wildman–Crippen LogP) is 0.774. The highest BCUT2D eigenvalue weighted by Gasteiger charge is 2.40. The molecule has 1 heterocycles. The third kappa shape index (κ3) is 2.43. The number of nitro groups is 1. The fourth-order valence-corrected chi connectivity index (χ4v) is 2.21. The molecule has 1 unspecified atom stereocenters. The van der Waals surface area contributed by atoms with Crippen LogP contribution in [-0.2, 0) is 4.65 Å². The zero-order valence-electron chi connectivity index (χ0n) is 9.63. The lowest BCUT2D eigenvalue weighted by molar-refractivity contribution is -0.490. The van der Waals surface area contributed by atoms with Gasteiger partial charge in [0.15, 0.2) is 0 Å². The van der Waals surface area contributed by atoms with Crippen LogP contribution in [0.5, 0.6) is 5.75 Å². The van der Waals surface area contributed by atoms with E-state index in [9.17, 15) is 15.1 Å². The van der Waals surface area contributed by atoms with E-state index in [0.717, 1.165) is 0 Å². The van der Waals surface area contributed by atoms with Crippen molar-refractivity contribution >= 4 is 24.2 Å². The maximum atomic E-state index is 10.5. The summed E-state index contributed by atoms with van der Waals surface area (Å²) in [5.41, 5.74) is 0.934. The second-order valence-electron chi connectivity index (χ2n) is 3.83. The van der Waals surface area contributed by atoms with Crippen LogP contribution in [0.15, 0.2) is 12.1 Å². The summed E-state index contributed by atoms with van der Waals surface area (Å²) < 4.78 is 10.5. The summed E-state index contributed by atoms with van der Waals surface area (Å²) >= 11 is 5.93. The smallest absolute Gasteiger partial charge is 0.494 e. The zero-order chi connectivity index (χ0) is 13.3. The minimum absolute atomic E-state index is 0.392. The molecule has 0 bridgehead atoms. The fourth-order valence-electron chi connectivity index (χ4n) is 1.99. The van der Waals surface area contributed by atoms with E-state index in [0.29, 0.717) is 28.4 Å². The Balaban J connectivity index is 2.43. The molecule has 0 aromatic heterocycles. The molecule has 0 aliphatic carbocycles. The van der Waals surface area contributed by atoms with Crippen molar-refractivity contribution in [2.75, 3.05) is 13.2 Å². The number of halogens is 1. The normalized spacial score (nSPS) is 17.7. The van der Waals surface area contributed by atoms with E-state index in [1.165, 1.54) is 0 Å². The lowest BCUT2D eigenvalue weighted by atomic mass is 9.78. The summed E-state index contributed by atoms with van der Waals surface area (Å²) in [6.07, 6.45) is -0.803. The average molecular weight is 271 g/mol. The first kappa shape index (κ1) is 13.1. The van der Waals surface area contributed by atoms with Gasteiger partial charge in [0, 0.05) is 15.4 Å². The molecular weight excluding hydrogens is 260 g/mol. The molecule has 1 atom stereocenters. The van der Waals surface area contributed by atoms with Gasteiger partial charge in [0.1, 0.15) is 11.9 Å². The van der Waals surface area contributed by atoms with E-state index < -0.39 is 24.7 Å². The van der Waals surface area contributed by atoms with E-state index in [1.807, 2.05) is 0 Å². The minimum Gasteiger partial charge on any atom is -0.494 e. The molecular formula is C10H11BClNO5. The highest BCUT2D eigenvalue weighted by Crippen LogP contribution is 2.31. The summed E-state index contributed by atoms with van der Waals surface area (Å²) in [5, 5.41) is 20.7. The average Bonchev–Trinajstić information content (AvgIpc) is 2.55. The van der Waals surface area contributed by atoms with Crippen molar-refractivity contribution in [3.63, 3.8) is 0 Å². The van der Waals surface area contributed by atoms with Crippen LogP contribution in [0.1, 0.15) is 18.6 Å². The number of ether oxygens (including phenoxy) is 1. The number of rotatable bonds is 4. The van der Waals surface area contributed by atoms with Gasteiger partial charge in [0.25, 0.3) is 0 Å². The van der Waals surface area contributed by atoms with Gasteiger partial charge in [-0.2, -0.15) is 0 Å². The maximum absolute atomic E-state index is 10.5. The van der Waals surface area contributed by atoms with Gasteiger partial charge in [-0.1, -0.05) is 11.6 Å². The highest BCUT2D eigenvalue weighted by molar-refractivity contribution is 6.63. The Labute approximate surface area is 109 Å². The van der Waals surface area contributed by atoms with Crippen molar-refractivity contribution in [1.29, 1.82) is 0 Å². The Kier molecular flexibility index (Phi) is 3.75. The molecule has 6 nitrogen and oxygen atoms in total. The van der Waals surface area contributed by atoms with Crippen LogP contribution in [0.2, 0.25) is 5.02 Å². The van der Waals surface area contributed by atoms with Crippen LogP contribution in [-0.4, -0.2) is 30.2 Å². The summed E-state index contributed by atoms with van der Waals surface area (Å²) in [6, 6.07) is 3.12. The quantitative estimate of drug-likeness (QED) is 0.497. The molecule has 96 valence electrons. The molecule has 1 aliphatic heterocycles. The third-order valence-corrected chi connectivity index (χ3v) is 2.86. The second-order valence-corrected chi connectivity index (χ2v) is 4.27. The first-order valence-corrected chi connectivity index (χ1v) is 5.82. The molecule has 2 rings (SSSR count). The van der Waals surface area contributed by atoms with E-state index >= 15 is 0 Å². The molecule has 0 amide bonds. The van der Waals surface area contributed by atoms with Crippen molar-refractivity contribution in [3.05, 3.63) is 32.8 Å². The van der Waals surface area contributed by atoms with Crippen molar-refractivity contribution in [1.82, 2.24) is 0 Å². The third-order valence-electron chi connectivity index (χ3n) is 2.64. The van der Waals surface area contributed by atoms with Crippen molar-refractivity contribution < 1.29 is 19.3 Å². The van der Waals surface area contributed by atoms with Crippen molar-refractivity contribution in [2.24, 2.45) is 0 Å². The molecule has 0 radical (unpaired) electrons. The number of hydrogen-bond donors (Lipinski definition) is 1. The topological polar surface area (TPSA) is 81.8 Å². The molecule has 0 spiro atoms. The van der Waals surface area contributed by atoms with E-state index in [-0.39, 0.29) is 0 Å². The number of hydrogen-bond acceptors (Lipinski definition) is 5. The van der Waals surface area contributed by atoms with E-state index in [2.05, 4.69) is 0 Å². The van der Waals surface area contributed by atoms with Crippen LogP contribution in [0, 0.1) is 10.1 Å². The summed E-state index contributed by atoms with van der Waals surface area (Å²) in [4.78, 5) is 10.1. The first-order valence-electron chi connectivity index (χ1n) is 5.44. The second kappa shape index (κ2) is 5.13. The molecule has 1 aliphatic rings. The lowest BCUT2D eigenvalue weighted by Crippen LogP contribution is -2.30. The van der Waals surface area contributed by atoms with E-state index in [1.54, 1.807) is 19.1 Å². The largest absolute Gasteiger partial charge is 0.496 e. The van der Waals surface area contributed by atoms with Crippen molar-refractivity contribution in [3.8, 4) is 5.75 Å². The molecule has 8 heteroatoms. The molecule has 1 aromatic rings. The summed E-state index contributed by atoms with van der Waals surface area (Å²) in [6.45, 7) is 1.78. The maximum Gasteiger partial charge on any atom is 0.496 e. The molecule has 18 heavy (non-hydrogen) atoms. The molecule has 0 saturated carbocycles. The van der Waals surface area contributed by atoms with Crippen LogP contribution in [0.25, 0.3) is 0 Å². The van der Waals surface area contributed by atoms with Crippen LogP contribution in [0.3, 0.4) is 0 Å². The molecule has 1 aromatic carbocycles. The van der Waals surface area contributed by atoms with Crippen molar-refractivity contribution in [2.45, 2.75) is 13.0 Å². The van der Waals surface area contributed by atoms with Gasteiger partial charge < -0.3 is 14.4 Å². The van der Waals surface area contributed by atoms with E-state index in [4.69, 9.17) is 21.0 Å². The zero-order valence-corrected chi connectivity index (χ0v) is 10.4. The van der Waals surface area contributed by atoms with Gasteiger partial charge in [-0.05, 0) is 24.6 Å². The molecule has 0 saturated heterocycles. The fraction of sp³-hybridized carbons (Fsp3) is 0.400. The Hall–Kier alpha value is -1.31. The van der Waals surface area contributed by atoms with Gasteiger partial charge in [0.05, 0.1) is 6.61 Å². The van der Waals surface area contributed by atoms with Crippen LogP contribution >= 0.6 is 11.6 Å². The standard InChI is InChI=1S/C10H11BClNO5/c1-2-17-8-4-6(12)3-7-9(5-13(15)16)18-11(14)10(7)8/h3-4,9,14H,2,5H2,1H3. The van der Waals surface area contributed by atoms with Gasteiger partial charge in [0.2, 0.25) is 6.54 Å². The predicted molar refractivity (Wildman–Crippen MR) is 65.9 cm³/mol. The van der Waals surface area contributed by atoms with Crippen LogP contribution < -0.4 is 10.2 Å². The SMILES string of the molecule is CCOc1cc(Cl)cc2c1B(O)OC2C[N+](=O)[O-]. The monoisotopic (exact) mass is 271 g/mol. The Morgan fingerprint density at radius 1 is 1.67 bits per heavy atom. The van der Waals surface area contributed by atoms with Gasteiger partial charge in [-0.3, -0.25) is 10.1 Å². The number of benzene rings is 1. The minimum atomic E-state index is -1.22. The van der Waals surface area contributed by atoms with Gasteiger partial charge in [-0.25, -0.2) is 0 Å². The molecule has 0 fully saturated rings. The Bertz CT molecular complexity index is 484. The summed E-state index contributed by atoms with van der Waals surface area (Å²) in [5.74, 6) is 0.401. The van der Waals surface area contributed by atoms with Gasteiger partial charge >= 0.3 is 7.12 Å². The number of fused-ring (bicyclic) bond motifs is 1. The Morgan fingerprint density at radius 3 is 3.00 bits per heavy atom. The first-order chi connectivity index (χ1) is 8.52. The molecule has 1 N–H and O–H groups in total. The van der Waals surface area contributed by atoms with Gasteiger partial charge in [-0.15, -0.1) is 0 Å². The Morgan fingerprint density at radius 2 is 2.39 bits per heavy atom. The highest BCUT2D eigenvalue weighted by atomic mass is 35.5. The lowest BCUT2D eigenvalue weighted by Gasteiger charge is -2.10. The number of nitrogens with zero attached hydrogens (tertiary/aromatic N) is 1. The summed E-state index contributed by atoms with van der Waals surface area (Å²) in [7, 11) is -1.22. The van der Waals surface area contributed by atoms with Crippen LogP contribution in [0.4, 0.5) is 0 Å².